The summed E-state index contributed by atoms with van der Waals surface area (Å²) in [6, 6.07) is 17.8. The number of rotatable bonds is 3. The standard InChI is InChI=1S/C18H19NO2S/c1-14-7-9-16(10-8-14)22-17-11-12-19(13-17)18(20)21-15-5-3-2-4-6-15/h2-10,17H,11-13H2,1H3. The summed E-state index contributed by atoms with van der Waals surface area (Å²) in [4.78, 5) is 15.2. The molecule has 0 N–H and O–H groups in total. The second-order valence-corrected chi connectivity index (χ2v) is 6.84. The number of likely N-dealkylation sites (tertiary alicyclic amines) is 1. The molecule has 2 aromatic rings. The van der Waals surface area contributed by atoms with Crippen LogP contribution in [0.25, 0.3) is 0 Å². The molecule has 0 radical (unpaired) electrons. The van der Waals surface area contributed by atoms with Crippen LogP contribution in [0.2, 0.25) is 0 Å². The zero-order valence-corrected chi connectivity index (χ0v) is 13.4. The van der Waals surface area contributed by atoms with Crippen LogP contribution in [0.3, 0.4) is 0 Å². The Labute approximate surface area is 135 Å². The number of para-hydroxylation sites is 1. The molecule has 0 saturated carbocycles. The number of ether oxygens (including phenoxy) is 1. The van der Waals surface area contributed by atoms with E-state index in [0.717, 1.165) is 19.5 Å². The van der Waals surface area contributed by atoms with Crippen molar-refractivity contribution in [3.8, 4) is 5.75 Å². The van der Waals surface area contributed by atoms with Crippen LogP contribution < -0.4 is 4.74 Å². The van der Waals surface area contributed by atoms with Crippen LogP contribution in [0, 0.1) is 6.92 Å². The van der Waals surface area contributed by atoms with E-state index in [1.54, 1.807) is 17.0 Å². The van der Waals surface area contributed by atoms with Crippen molar-refractivity contribution in [3.63, 3.8) is 0 Å². The van der Waals surface area contributed by atoms with E-state index in [0.29, 0.717) is 11.0 Å². The Kier molecular flexibility index (Phi) is 4.68. The number of hydrogen-bond acceptors (Lipinski definition) is 3. The van der Waals surface area contributed by atoms with Gasteiger partial charge in [0.2, 0.25) is 0 Å². The van der Waals surface area contributed by atoms with Crippen molar-refractivity contribution in [2.45, 2.75) is 23.5 Å². The molecule has 114 valence electrons. The summed E-state index contributed by atoms with van der Waals surface area (Å²) >= 11 is 1.84. The minimum absolute atomic E-state index is 0.252. The van der Waals surface area contributed by atoms with Crippen LogP contribution in [0.4, 0.5) is 4.79 Å². The monoisotopic (exact) mass is 313 g/mol. The molecule has 1 unspecified atom stereocenters. The SMILES string of the molecule is Cc1ccc(SC2CCN(C(=O)Oc3ccccc3)C2)cc1. The Morgan fingerprint density at radius 3 is 2.59 bits per heavy atom. The Balaban J connectivity index is 1.53. The molecule has 0 bridgehead atoms. The lowest BCUT2D eigenvalue weighted by molar-refractivity contribution is 0.163. The first-order chi connectivity index (χ1) is 10.7. The molecule has 0 spiro atoms. The van der Waals surface area contributed by atoms with Gasteiger partial charge in [-0.2, -0.15) is 0 Å². The van der Waals surface area contributed by atoms with Crippen LogP contribution >= 0.6 is 11.8 Å². The number of thioether (sulfide) groups is 1. The molecule has 3 nitrogen and oxygen atoms in total. The van der Waals surface area contributed by atoms with Crippen LogP contribution in [0.5, 0.6) is 5.75 Å². The fourth-order valence-electron chi connectivity index (χ4n) is 2.45. The lowest BCUT2D eigenvalue weighted by Crippen LogP contribution is -2.31. The Hall–Kier alpha value is -1.94. The van der Waals surface area contributed by atoms with Gasteiger partial charge < -0.3 is 9.64 Å². The summed E-state index contributed by atoms with van der Waals surface area (Å²) in [6.45, 7) is 3.59. The number of hydrogen-bond donors (Lipinski definition) is 0. The molecule has 22 heavy (non-hydrogen) atoms. The molecule has 4 heteroatoms. The van der Waals surface area contributed by atoms with E-state index in [9.17, 15) is 4.79 Å². The van der Waals surface area contributed by atoms with Gasteiger partial charge in [0.25, 0.3) is 0 Å². The summed E-state index contributed by atoms with van der Waals surface area (Å²) < 4.78 is 5.39. The molecule has 0 aromatic heterocycles. The number of amides is 1. The lowest BCUT2D eigenvalue weighted by atomic mass is 10.2. The highest BCUT2D eigenvalue weighted by atomic mass is 32.2. The second-order valence-electron chi connectivity index (χ2n) is 5.47. The molecule has 1 amide bonds. The summed E-state index contributed by atoms with van der Waals surface area (Å²) in [5.74, 6) is 0.599. The molecule has 1 atom stereocenters. The van der Waals surface area contributed by atoms with Crippen molar-refractivity contribution < 1.29 is 9.53 Å². The van der Waals surface area contributed by atoms with E-state index in [4.69, 9.17) is 4.74 Å². The van der Waals surface area contributed by atoms with E-state index in [1.807, 2.05) is 30.0 Å². The van der Waals surface area contributed by atoms with Crippen molar-refractivity contribution in [1.82, 2.24) is 4.90 Å². The molecular weight excluding hydrogens is 294 g/mol. The number of aryl methyl sites for hydroxylation is 1. The number of carbonyl (C=O) groups excluding carboxylic acids is 1. The molecule has 1 saturated heterocycles. The van der Waals surface area contributed by atoms with Gasteiger partial charge in [0.15, 0.2) is 0 Å². The molecule has 2 aromatic carbocycles. The fraction of sp³-hybridized carbons (Fsp3) is 0.278. The summed E-state index contributed by atoms with van der Waals surface area (Å²) in [5.41, 5.74) is 1.27. The van der Waals surface area contributed by atoms with E-state index < -0.39 is 0 Å². The first-order valence-corrected chi connectivity index (χ1v) is 8.34. The predicted octanol–water partition coefficient (Wildman–Crippen LogP) is 4.36. The Morgan fingerprint density at radius 1 is 1.14 bits per heavy atom. The summed E-state index contributed by atoms with van der Waals surface area (Å²) in [7, 11) is 0. The van der Waals surface area contributed by atoms with E-state index in [-0.39, 0.29) is 6.09 Å². The van der Waals surface area contributed by atoms with Crippen molar-refractivity contribution in [2.24, 2.45) is 0 Å². The highest BCUT2D eigenvalue weighted by molar-refractivity contribution is 8.00. The molecule has 3 rings (SSSR count). The molecule has 1 aliphatic heterocycles. The van der Waals surface area contributed by atoms with Gasteiger partial charge in [-0.3, -0.25) is 0 Å². The largest absolute Gasteiger partial charge is 0.415 e. The molecule has 0 aliphatic carbocycles. The Morgan fingerprint density at radius 2 is 1.86 bits per heavy atom. The average Bonchev–Trinajstić information content (AvgIpc) is 2.99. The molecule has 1 heterocycles. The van der Waals surface area contributed by atoms with Crippen molar-refractivity contribution in [2.75, 3.05) is 13.1 Å². The lowest BCUT2D eigenvalue weighted by Gasteiger charge is -2.16. The van der Waals surface area contributed by atoms with Gasteiger partial charge in [0.05, 0.1) is 0 Å². The molecular formula is C18H19NO2S. The number of benzene rings is 2. The summed E-state index contributed by atoms with van der Waals surface area (Å²) in [6.07, 6.45) is 0.751. The van der Waals surface area contributed by atoms with Crippen LogP contribution in [-0.4, -0.2) is 29.3 Å². The minimum Gasteiger partial charge on any atom is -0.410 e. The molecule has 1 fully saturated rings. The smallest absolute Gasteiger partial charge is 0.410 e. The number of carbonyl (C=O) groups is 1. The van der Waals surface area contributed by atoms with Gasteiger partial charge in [-0.1, -0.05) is 35.9 Å². The van der Waals surface area contributed by atoms with Crippen molar-refractivity contribution >= 4 is 17.9 Å². The van der Waals surface area contributed by atoms with Gasteiger partial charge in [-0.25, -0.2) is 4.79 Å². The summed E-state index contributed by atoms with van der Waals surface area (Å²) in [5, 5.41) is 0.436. The second kappa shape index (κ2) is 6.88. The minimum atomic E-state index is -0.252. The van der Waals surface area contributed by atoms with E-state index >= 15 is 0 Å². The highest BCUT2D eigenvalue weighted by Gasteiger charge is 2.28. The topological polar surface area (TPSA) is 29.5 Å². The third kappa shape index (κ3) is 3.83. The van der Waals surface area contributed by atoms with Gasteiger partial charge in [0.1, 0.15) is 5.75 Å². The van der Waals surface area contributed by atoms with E-state index in [2.05, 4.69) is 31.2 Å². The van der Waals surface area contributed by atoms with Crippen LogP contribution in [-0.2, 0) is 0 Å². The van der Waals surface area contributed by atoms with Crippen molar-refractivity contribution in [3.05, 3.63) is 60.2 Å². The Bertz CT molecular complexity index is 627. The maximum Gasteiger partial charge on any atom is 0.415 e. The number of nitrogens with zero attached hydrogens (tertiary/aromatic N) is 1. The quantitative estimate of drug-likeness (QED) is 0.843. The third-order valence-electron chi connectivity index (χ3n) is 3.68. The van der Waals surface area contributed by atoms with Gasteiger partial charge >= 0.3 is 6.09 Å². The highest BCUT2D eigenvalue weighted by Crippen LogP contribution is 2.30. The first-order valence-electron chi connectivity index (χ1n) is 7.46. The van der Waals surface area contributed by atoms with Crippen molar-refractivity contribution in [1.29, 1.82) is 0 Å². The third-order valence-corrected chi connectivity index (χ3v) is 4.94. The predicted molar refractivity (Wildman–Crippen MR) is 89.5 cm³/mol. The zero-order chi connectivity index (χ0) is 15.4. The maximum absolute atomic E-state index is 12.2. The molecule has 1 aliphatic rings. The van der Waals surface area contributed by atoms with Gasteiger partial charge in [-0.15, -0.1) is 11.8 Å². The van der Waals surface area contributed by atoms with Crippen LogP contribution in [0.1, 0.15) is 12.0 Å². The fourth-order valence-corrected chi connectivity index (χ4v) is 3.61. The maximum atomic E-state index is 12.2. The zero-order valence-electron chi connectivity index (χ0n) is 12.6. The average molecular weight is 313 g/mol. The van der Waals surface area contributed by atoms with Crippen LogP contribution in [0.15, 0.2) is 59.5 Å². The van der Waals surface area contributed by atoms with Gasteiger partial charge in [-0.05, 0) is 37.6 Å². The van der Waals surface area contributed by atoms with Gasteiger partial charge in [0, 0.05) is 23.2 Å². The first kappa shape index (κ1) is 15.0. The van der Waals surface area contributed by atoms with E-state index in [1.165, 1.54) is 10.5 Å². The normalized spacial score (nSPS) is 17.5.